The first kappa shape index (κ1) is 16.3. The Balaban J connectivity index is 1.92. The lowest BCUT2D eigenvalue weighted by molar-refractivity contribution is -0.142. The zero-order valence-corrected chi connectivity index (χ0v) is 13.3. The fourth-order valence-corrected chi connectivity index (χ4v) is 2.90. The van der Waals surface area contributed by atoms with Gasteiger partial charge in [0, 0.05) is 13.1 Å². The van der Waals surface area contributed by atoms with E-state index in [-0.39, 0.29) is 24.5 Å². The molecule has 1 fully saturated rings. The van der Waals surface area contributed by atoms with Crippen LogP contribution in [-0.4, -0.2) is 36.6 Å². The number of hydrogen-bond acceptors (Lipinski definition) is 3. The zero-order chi connectivity index (χ0) is 15.9. The highest BCUT2D eigenvalue weighted by Gasteiger charge is 2.30. The lowest BCUT2D eigenvalue weighted by atomic mass is 9.99. The van der Waals surface area contributed by atoms with Crippen LogP contribution < -0.4 is 5.32 Å². The fraction of sp³-hybridized carbons (Fsp3) is 0.529. The molecule has 1 aromatic carbocycles. The predicted molar refractivity (Wildman–Crippen MR) is 84.5 cm³/mol. The second-order valence-electron chi connectivity index (χ2n) is 5.49. The molecule has 0 saturated carbocycles. The van der Waals surface area contributed by atoms with E-state index >= 15 is 0 Å². The molecule has 0 aliphatic carbocycles. The topological polar surface area (TPSA) is 58.6 Å². The number of amides is 2. The molecule has 1 aliphatic rings. The van der Waals surface area contributed by atoms with Gasteiger partial charge in [-0.3, -0.25) is 4.79 Å². The number of ether oxygens (including phenoxy) is 1. The van der Waals surface area contributed by atoms with Crippen molar-refractivity contribution in [3.8, 4) is 0 Å². The van der Waals surface area contributed by atoms with E-state index in [0.29, 0.717) is 13.2 Å². The number of benzene rings is 1. The molecular formula is C17H24N2O3. The van der Waals surface area contributed by atoms with Gasteiger partial charge in [-0.05, 0) is 37.8 Å². The maximum Gasteiger partial charge on any atom is 0.317 e. The first-order chi connectivity index (χ1) is 10.6. The summed E-state index contributed by atoms with van der Waals surface area (Å²) in [5.41, 5.74) is 2.42. The molecule has 1 aromatic rings. The maximum atomic E-state index is 12.3. The monoisotopic (exact) mass is 304 g/mol. The molecule has 2 rings (SSSR count). The van der Waals surface area contributed by atoms with Gasteiger partial charge in [-0.2, -0.15) is 0 Å². The van der Waals surface area contributed by atoms with Gasteiger partial charge in [-0.25, -0.2) is 4.79 Å². The molecule has 0 bridgehead atoms. The molecule has 0 unspecified atom stereocenters. The smallest absolute Gasteiger partial charge is 0.317 e. The second kappa shape index (κ2) is 7.82. The molecule has 0 spiro atoms. The number of hydrogen-bond donors (Lipinski definition) is 1. The van der Waals surface area contributed by atoms with E-state index in [1.54, 1.807) is 6.92 Å². The van der Waals surface area contributed by atoms with Crippen molar-refractivity contribution in [3.05, 3.63) is 35.4 Å². The third kappa shape index (κ3) is 4.00. The number of carbonyl (C=O) groups excluding carboxylic acids is 2. The van der Waals surface area contributed by atoms with Crippen LogP contribution in [0.2, 0.25) is 0 Å². The van der Waals surface area contributed by atoms with E-state index < -0.39 is 0 Å². The Morgan fingerprint density at radius 3 is 2.86 bits per heavy atom. The van der Waals surface area contributed by atoms with Gasteiger partial charge in [0.1, 0.15) is 0 Å². The normalized spacial score (nSPS) is 17.4. The van der Waals surface area contributed by atoms with Crippen LogP contribution in [0.3, 0.4) is 0 Å². The summed E-state index contributed by atoms with van der Waals surface area (Å²) in [6.45, 7) is 5.28. The van der Waals surface area contributed by atoms with E-state index in [9.17, 15) is 9.59 Å². The molecule has 1 heterocycles. The molecule has 22 heavy (non-hydrogen) atoms. The first-order valence-electron chi connectivity index (χ1n) is 7.89. The minimum Gasteiger partial charge on any atom is -0.466 e. The standard InChI is InChI=1S/C17H24N2O3/c1-3-22-16(20)10-11-18-17(21)19-12-6-9-15(19)14-8-5-4-7-13(14)2/h4-5,7-8,15H,3,6,9-12H2,1-2H3,(H,18,21)/t15-/m0/s1. The van der Waals surface area contributed by atoms with E-state index in [1.165, 1.54) is 11.1 Å². The highest BCUT2D eigenvalue weighted by molar-refractivity contribution is 5.76. The Morgan fingerprint density at radius 2 is 2.14 bits per heavy atom. The zero-order valence-electron chi connectivity index (χ0n) is 13.3. The van der Waals surface area contributed by atoms with Crippen molar-refractivity contribution < 1.29 is 14.3 Å². The van der Waals surface area contributed by atoms with Gasteiger partial charge in [0.2, 0.25) is 0 Å². The van der Waals surface area contributed by atoms with Crippen LogP contribution in [0.15, 0.2) is 24.3 Å². The predicted octanol–water partition coefficient (Wildman–Crippen LogP) is 2.79. The molecule has 5 nitrogen and oxygen atoms in total. The van der Waals surface area contributed by atoms with Crippen molar-refractivity contribution in [2.24, 2.45) is 0 Å². The first-order valence-corrected chi connectivity index (χ1v) is 7.89. The number of rotatable bonds is 5. The number of nitrogens with zero attached hydrogens (tertiary/aromatic N) is 1. The average Bonchev–Trinajstić information content (AvgIpc) is 2.97. The SMILES string of the molecule is CCOC(=O)CCNC(=O)N1CCC[C@H]1c1ccccc1C. The van der Waals surface area contributed by atoms with Crippen molar-refractivity contribution in [3.63, 3.8) is 0 Å². The van der Waals surface area contributed by atoms with Gasteiger partial charge in [-0.1, -0.05) is 24.3 Å². The summed E-state index contributed by atoms with van der Waals surface area (Å²) >= 11 is 0. The third-order valence-electron chi connectivity index (χ3n) is 3.97. The van der Waals surface area contributed by atoms with Crippen LogP contribution in [0.25, 0.3) is 0 Å². The Labute approximate surface area is 131 Å². The molecule has 1 atom stereocenters. The number of likely N-dealkylation sites (tertiary alicyclic amines) is 1. The van der Waals surface area contributed by atoms with Gasteiger partial charge in [-0.15, -0.1) is 0 Å². The van der Waals surface area contributed by atoms with Crippen LogP contribution >= 0.6 is 0 Å². The average molecular weight is 304 g/mol. The number of aryl methyl sites for hydroxylation is 1. The minimum atomic E-state index is -0.278. The summed E-state index contributed by atoms with van der Waals surface area (Å²) in [6, 6.07) is 8.21. The van der Waals surface area contributed by atoms with Gasteiger partial charge in [0.15, 0.2) is 0 Å². The second-order valence-corrected chi connectivity index (χ2v) is 5.49. The number of nitrogens with one attached hydrogen (secondary N) is 1. The van der Waals surface area contributed by atoms with E-state index in [4.69, 9.17) is 4.74 Å². The molecule has 0 radical (unpaired) electrons. The molecule has 1 saturated heterocycles. The Morgan fingerprint density at radius 1 is 1.36 bits per heavy atom. The third-order valence-corrected chi connectivity index (χ3v) is 3.97. The van der Waals surface area contributed by atoms with Crippen molar-refractivity contribution in [1.82, 2.24) is 10.2 Å². The highest BCUT2D eigenvalue weighted by Crippen LogP contribution is 2.33. The van der Waals surface area contributed by atoms with Crippen molar-refractivity contribution >= 4 is 12.0 Å². The van der Waals surface area contributed by atoms with Crippen LogP contribution in [0.4, 0.5) is 4.79 Å². The van der Waals surface area contributed by atoms with Gasteiger partial charge in [0.05, 0.1) is 19.1 Å². The van der Waals surface area contributed by atoms with Crippen LogP contribution in [0, 0.1) is 6.92 Å². The van der Waals surface area contributed by atoms with Gasteiger partial charge in [0.25, 0.3) is 0 Å². The van der Waals surface area contributed by atoms with Gasteiger partial charge < -0.3 is 15.0 Å². The quantitative estimate of drug-likeness (QED) is 0.851. The summed E-state index contributed by atoms with van der Waals surface area (Å²) in [4.78, 5) is 25.5. The van der Waals surface area contributed by atoms with Crippen LogP contribution in [0.5, 0.6) is 0 Å². The molecule has 1 N–H and O–H groups in total. The molecular weight excluding hydrogens is 280 g/mol. The Kier molecular flexibility index (Phi) is 5.81. The minimum absolute atomic E-state index is 0.102. The lowest BCUT2D eigenvalue weighted by Crippen LogP contribution is -2.40. The molecule has 5 heteroatoms. The van der Waals surface area contributed by atoms with E-state index in [0.717, 1.165) is 19.4 Å². The summed E-state index contributed by atoms with van der Waals surface area (Å²) in [5, 5.41) is 2.82. The molecule has 120 valence electrons. The summed E-state index contributed by atoms with van der Waals surface area (Å²) in [6.07, 6.45) is 2.20. The highest BCUT2D eigenvalue weighted by atomic mass is 16.5. The summed E-state index contributed by atoms with van der Waals surface area (Å²) in [5.74, 6) is -0.278. The Bertz CT molecular complexity index is 530. The van der Waals surface area contributed by atoms with Crippen LogP contribution in [0.1, 0.15) is 43.4 Å². The maximum absolute atomic E-state index is 12.3. The van der Waals surface area contributed by atoms with Crippen molar-refractivity contribution in [1.29, 1.82) is 0 Å². The summed E-state index contributed by atoms with van der Waals surface area (Å²) in [7, 11) is 0. The van der Waals surface area contributed by atoms with E-state index in [1.807, 2.05) is 17.0 Å². The van der Waals surface area contributed by atoms with Crippen LogP contribution in [-0.2, 0) is 9.53 Å². The van der Waals surface area contributed by atoms with E-state index in [2.05, 4.69) is 24.4 Å². The molecule has 2 amide bonds. The van der Waals surface area contributed by atoms with Crippen molar-refractivity contribution in [2.45, 2.75) is 39.2 Å². The molecule has 1 aliphatic heterocycles. The number of esters is 1. The lowest BCUT2D eigenvalue weighted by Gasteiger charge is -2.26. The van der Waals surface area contributed by atoms with Gasteiger partial charge >= 0.3 is 12.0 Å². The van der Waals surface area contributed by atoms with Crippen molar-refractivity contribution in [2.75, 3.05) is 19.7 Å². The summed E-state index contributed by atoms with van der Waals surface area (Å²) < 4.78 is 4.85. The molecule has 0 aromatic heterocycles. The number of carbonyl (C=O) groups is 2. The fourth-order valence-electron chi connectivity index (χ4n) is 2.90. The largest absolute Gasteiger partial charge is 0.466 e. The number of urea groups is 1. The Hall–Kier alpha value is -2.04.